The molecule has 8 N–H and O–H groups in total. The van der Waals surface area contributed by atoms with E-state index in [9.17, 15) is 24.3 Å². The summed E-state index contributed by atoms with van der Waals surface area (Å²) < 4.78 is 0. The van der Waals surface area contributed by atoms with Crippen LogP contribution >= 0.6 is 0 Å². The molecule has 0 saturated carbocycles. The van der Waals surface area contributed by atoms with Crippen LogP contribution in [0.25, 0.3) is 10.9 Å². The number of para-hydroxylation sites is 1. The van der Waals surface area contributed by atoms with Crippen LogP contribution in [-0.4, -0.2) is 67.9 Å². The van der Waals surface area contributed by atoms with Crippen molar-refractivity contribution in [1.82, 2.24) is 30.9 Å². The lowest BCUT2D eigenvalue weighted by molar-refractivity contribution is -0.142. The number of aliphatic carboxylic acids is 1. The lowest BCUT2D eigenvalue weighted by Gasteiger charge is -2.26. The van der Waals surface area contributed by atoms with Gasteiger partial charge in [0, 0.05) is 41.8 Å². The molecule has 0 aliphatic carbocycles. The van der Waals surface area contributed by atoms with Gasteiger partial charge in [-0.25, -0.2) is 9.78 Å². The number of aromatic nitrogens is 3. The zero-order valence-corrected chi connectivity index (χ0v) is 23.9. The first kappa shape index (κ1) is 31.3. The summed E-state index contributed by atoms with van der Waals surface area (Å²) in [5, 5.41) is 18.7. The van der Waals surface area contributed by atoms with Crippen molar-refractivity contribution in [2.45, 2.75) is 77.5 Å². The van der Waals surface area contributed by atoms with Crippen LogP contribution in [0.5, 0.6) is 0 Å². The van der Waals surface area contributed by atoms with E-state index in [1.165, 1.54) is 6.33 Å². The summed E-state index contributed by atoms with van der Waals surface area (Å²) >= 11 is 0. The van der Waals surface area contributed by atoms with Crippen LogP contribution in [0.1, 0.15) is 51.8 Å². The third-order valence-electron chi connectivity index (χ3n) is 6.73. The van der Waals surface area contributed by atoms with Crippen molar-refractivity contribution >= 4 is 34.6 Å². The fourth-order valence-corrected chi connectivity index (χ4v) is 4.67. The van der Waals surface area contributed by atoms with Crippen LogP contribution in [0.15, 0.2) is 43.0 Å². The summed E-state index contributed by atoms with van der Waals surface area (Å²) in [4.78, 5) is 61.8. The molecule has 4 unspecified atom stereocenters. The number of carbonyl (C=O) groups is 4. The number of H-pyrrole nitrogens is 2. The Kier molecular flexibility index (Phi) is 11.0. The predicted octanol–water partition coefficient (Wildman–Crippen LogP) is 1.63. The lowest BCUT2D eigenvalue weighted by atomic mass is 9.99. The van der Waals surface area contributed by atoms with E-state index in [0.717, 1.165) is 16.5 Å². The monoisotopic (exact) mass is 567 g/mol. The minimum Gasteiger partial charge on any atom is -0.480 e. The van der Waals surface area contributed by atoms with Gasteiger partial charge >= 0.3 is 5.97 Å². The zero-order chi connectivity index (χ0) is 30.1. The molecule has 0 spiro atoms. The van der Waals surface area contributed by atoms with Crippen LogP contribution in [-0.2, 0) is 32.0 Å². The van der Waals surface area contributed by atoms with Crippen molar-refractivity contribution < 1.29 is 24.3 Å². The normalized spacial score (nSPS) is 14.4. The molecule has 0 aliphatic rings. The Morgan fingerprint density at radius 2 is 1.46 bits per heavy atom. The van der Waals surface area contributed by atoms with Gasteiger partial charge in [-0.05, 0) is 36.3 Å². The van der Waals surface area contributed by atoms with Gasteiger partial charge in [-0.15, -0.1) is 0 Å². The number of carbonyl (C=O) groups excluding carboxylic acids is 3. The van der Waals surface area contributed by atoms with Crippen LogP contribution in [0.4, 0.5) is 0 Å². The number of rotatable bonds is 15. The Hall–Kier alpha value is -4.19. The number of imidazole rings is 1. The second kappa shape index (κ2) is 14.4. The molecule has 4 atom stereocenters. The fourth-order valence-electron chi connectivity index (χ4n) is 4.67. The van der Waals surface area contributed by atoms with Gasteiger partial charge in [0.1, 0.15) is 18.1 Å². The molecule has 3 amide bonds. The van der Waals surface area contributed by atoms with Crippen molar-refractivity contribution in [2.24, 2.45) is 17.6 Å². The smallest absolute Gasteiger partial charge is 0.326 e. The number of nitrogens with zero attached hydrogens (tertiary/aromatic N) is 1. The third kappa shape index (κ3) is 9.17. The molecule has 2 heterocycles. The first-order valence-corrected chi connectivity index (χ1v) is 13.9. The van der Waals surface area contributed by atoms with Crippen molar-refractivity contribution in [3.05, 3.63) is 54.2 Å². The highest BCUT2D eigenvalue weighted by atomic mass is 16.4. The Balaban J connectivity index is 1.82. The van der Waals surface area contributed by atoms with Gasteiger partial charge in [0.25, 0.3) is 0 Å². The molecule has 12 heteroatoms. The minimum atomic E-state index is -1.15. The molecule has 41 heavy (non-hydrogen) atoms. The largest absolute Gasteiger partial charge is 0.480 e. The Morgan fingerprint density at radius 1 is 0.854 bits per heavy atom. The number of hydrogen-bond donors (Lipinski definition) is 7. The topological polar surface area (TPSA) is 195 Å². The van der Waals surface area contributed by atoms with Crippen LogP contribution in [0.3, 0.4) is 0 Å². The summed E-state index contributed by atoms with van der Waals surface area (Å²) in [5.41, 5.74) is 8.42. The maximum atomic E-state index is 13.6. The highest BCUT2D eigenvalue weighted by Crippen LogP contribution is 2.20. The number of fused-ring (bicyclic) bond motifs is 1. The minimum absolute atomic E-state index is 0.0228. The molecule has 0 radical (unpaired) electrons. The lowest BCUT2D eigenvalue weighted by Crippen LogP contribution is -2.58. The number of hydrogen-bond acceptors (Lipinski definition) is 6. The third-order valence-corrected chi connectivity index (χ3v) is 6.73. The first-order valence-electron chi connectivity index (χ1n) is 13.9. The second-order valence-corrected chi connectivity index (χ2v) is 11.2. The molecule has 1 aromatic carbocycles. The van der Waals surface area contributed by atoms with Gasteiger partial charge in [0.15, 0.2) is 0 Å². The van der Waals surface area contributed by atoms with Crippen LogP contribution < -0.4 is 21.7 Å². The molecule has 3 aromatic rings. The van der Waals surface area contributed by atoms with E-state index < -0.39 is 47.9 Å². The molecule has 3 rings (SSSR count). The molecule has 222 valence electrons. The SMILES string of the molecule is CC(C)CC(NC(=O)C(Cc1c[nH]c2ccccc12)NC(=O)C(CC(C)C)NC(=O)C(N)Cc1cnc[nH]1)C(=O)O. The number of carboxylic acids is 1. The molecular formula is C29H41N7O5. The summed E-state index contributed by atoms with van der Waals surface area (Å²) in [7, 11) is 0. The van der Waals surface area contributed by atoms with E-state index in [1.807, 2.05) is 52.0 Å². The second-order valence-electron chi connectivity index (χ2n) is 11.2. The molecule has 0 bridgehead atoms. The van der Waals surface area contributed by atoms with Crippen molar-refractivity contribution in [3.8, 4) is 0 Å². The number of nitrogens with two attached hydrogens (primary N) is 1. The van der Waals surface area contributed by atoms with Gasteiger partial charge < -0.3 is 36.8 Å². The number of nitrogens with one attached hydrogen (secondary N) is 5. The average molecular weight is 568 g/mol. The highest BCUT2D eigenvalue weighted by molar-refractivity contribution is 5.95. The number of amides is 3. The van der Waals surface area contributed by atoms with Crippen molar-refractivity contribution in [3.63, 3.8) is 0 Å². The quantitative estimate of drug-likeness (QED) is 0.145. The van der Waals surface area contributed by atoms with Gasteiger partial charge in [0.2, 0.25) is 17.7 Å². The van der Waals surface area contributed by atoms with Crippen LogP contribution in [0.2, 0.25) is 0 Å². The fraction of sp³-hybridized carbons (Fsp3) is 0.483. The van der Waals surface area contributed by atoms with E-state index in [0.29, 0.717) is 12.1 Å². The van der Waals surface area contributed by atoms with Gasteiger partial charge in [0.05, 0.1) is 12.4 Å². The van der Waals surface area contributed by atoms with E-state index in [-0.39, 0.29) is 31.1 Å². The van der Waals surface area contributed by atoms with Crippen molar-refractivity contribution in [2.75, 3.05) is 0 Å². The van der Waals surface area contributed by atoms with Gasteiger partial charge in [-0.1, -0.05) is 45.9 Å². The number of aromatic amines is 2. The zero-order valence-electron chi connectivity index (χ0n) is 23.9. The maximum absolute atomic E-state index is 13.6. The molecular weight excluding hydrogens is 526 g/mol. The van der Waals surface area contributed by atoms with E-state index in [4.69, 9.17) is 5.73 Å². The average Bonchev–Trinajstić information content (AvgIpc) is 3.56. The first-order chi connectivity index (χ1) is 19.4. The molecule has 2 aromatic heterocycles. The highest BCUT2D eigenvalue weighted by Gasteiger charge is 2.31. The van der Waals surface area contributed by atoms with Crippen molar-refractivity contribution in [1.29, 1.82) is 0 Å². The standard InChI is InChI=1S/C29H41N7O5/c1-16(2)9-23(34-26(37)21(30)12-19-14-31-15-33-19)27(38)35-24(28(39)36-25(29(40)41)10-17(3)4)11-18-13-32-22-8-6-5-7-20(18)22/h5-8,13-17,21,23-25,32H,9-12,30H2,1-4H3,(H,31,33)(H,34,37)(H,35,38)(H,36,39)(H,40,41). The summed E-state index contributed by atoms with van der Waals surface area (Å²) in [6.45, 7) is 7.56. The van der Waals surface area contributed by atoms with Gasteiger partial charge in [-0.2, -0.15) is 0 Å². The maximum Gasteiger partial charge on any atom is 0.326 e. The molecule has 0 fully saturated rings. The van der Waals surface area contributed by atoms with E-state index in [1.54, 1.807) is 12.4 Å². The van der Waals surface area contributed by atoms with Gasteiger partial charge in [-0.3, -0.25) is 14.4 Å². The predicted molar refractivity (Wildman–Crippen MR) is 155 cm³/mol. The Labute approximate surface area is 239 Å². The van der Waals surface area contributed by atoms with E-state index in [2.05, 4.69) is 30.9 Å². The van der Waals surface area contributed by atoms with E-state index >= 15 is 0 Å². The summed E-state index contributed by atoms with van der Waals surface area (Å²) in [5.74, 6) is -2.78. The summed E-state index contributed by atoms with van der Waals surface area (Å²) in [6.07, 6.45) is 5.68. The number of benzene rings is 1. The van der Waals surface area contributed by atoms with Crippen LogP contribution in [0, 0.1) is 11.8 Å². The number of carboxylic acid groups (broad SMARTS) is 1. The Morgan fingerprint density at radius 3 is 2.10 bits per heavy atom. The molecule has 0 aliphatic heterocycles. The Bertz CT molecular complexity index is 1320. The molecule has 0 saturated heterocycles. The summed E-state index contributed by atoms with van der Waals surface area (Å²) in [6, 6.07) is 3.47. The molecule has 12 nitrogen and oxygen atoms in total.